The third-order valence-corrected chi connectivity index (χ3v) is 2.75. The number of nitrogens with zero attached hydrogens (tertiary/aromatic N) is 1. The number of carbonyl (C=O) groups is 1. The largest absolute Gasteiger partial charge is 0.396 e. The van der Waals surface area contributed by atoms with Gasteiger partial charge in [0.05, 0.1) is 0 Å². The summed E-state index contributed by atoms with van der Waals surface area (Å²) < 4.78 is 0. The molecule has 0 heterocycles. The predicted molar refractivity (Wildman–Crippen MR) is 67.3 cm³/mol. The molecule has 96 valence electrons. The van der Waals surface area contributed by atoms with E-state index >= 15 is 0 Å². The molecule has 3 nitrogen and oxygen atoms in total. The van der Waals surface area contributed by atoms with Crippen LogP contribution in [0.2, 0.25) is 0 Å². The third kappa shape index (κ3) is 6.83. The van der Waals surface area contributed by atoms with Crippen molar-refractivity contribution in [2.75, 3.05) is 13.2 Å². The Kier molecular flexibility index (Phi) is 9.30. The fourth-order valence-electron chi connectivity index (χ4n) is 1.73. The Bertz CT molecular complexity index is 181. The molecular formula is C13H27NO2. The van der Waals surface area contributed by atoms with E-state index in [2.05, 4.69) is 20.8 Å². The van der Waals surface area contributed by atoms with Crippen molar-refractivity contribution in [3.05, 3.63) is 0 Å². The molecule has 0 aromatic carbocycles. The minimum absolute atomic E-state index is 0.185. The third-order valence-electron chi connectivity index (χ3n) is 2.75. The zero-order chi connectivity index (χ0) is 12.4. The zero-order valence-electron chi connectivity index (χ0n) is 11.0. The van der Waals surface area contributed by atoms with E-state index in [0.717, 1.165) is 25.8 Å². The first-order chi connectivity index (χ1) is 7.63. The molecule has 0 spiro atoms. The Morgan fingerprint density at radius 1 is 1.19 bits per heavy atom. The van der Waals surface area contributed by atoms with Gasteiger partial charge in [0.1, 0.15) is 0 Å². The van der Waals surface area contributed by atoms with E-state index in [9.17, 15) is 4.79 Å². The van der Waals surface area contributed by atoms with Gasteiger partial charge in [-0.15, -0.1) is 0 Å². The van der Waals surface area contributed by atoms with E-state index in [1.165, 1.54) is 12.8 Å². The fourth-order valence-corrected chi connectivity index (χ4v) is 1.73. The molecule has 0 saturated heterocycles. The Morgan fingerprint density at radius 2 is 1.88 bits per heavy atom. The van der Waals surface area contributed by atoms with Crippen molar-refractivity contribution in [1.29, 1.82) is 0 Å². The highest BCUT2D eigenvalue weighted by atomic mass is 16.3. The molecule has 0 aromatic heterocycles. The van der Waals surface area contributed by atoms with Crippen LogP contribution in [0.3, 0.4) is 0 Å². The average molecular weight is 229 g/mol. The van der Waals surface area contributed by atoms with Gasteiger partial charge in [-0.2, -0.15) is 0 Å². The monoisotopic (exact) mass is 229 g/mol. The molecule has 1 amide bonds. The van der Waals surface area contributed by atoms with Crippen LogP contribution >= 0.6 is 0 Å². The van der Waals surface area contributed by atoms with Crippen molar-refractivity contribution in [3.8, 4) is 0 Å². The summed E-state index contributed by atoms with van der Waals surface area (Å²) in [4.78, 5) is 13.9. The van der Waals surface area contributed by atoms with Gasteiger partial charge in [-0.1, -0.05) is 19.8 Å². The van der Waals surface area contributed by atoms with Gasteiger partial charge in [0.2, 0.25) is 5.91 Å². The molecule has 0 aliphatic rings. The summed E-state index contributed by atoms with van der Waals surface area (Å²) in [6.45, 7) is 7.36. The zero-order valence-corrected chi connectivity index (χ0v) is 11.0. The van der Waals surface area contributed by atoms with E-state index in [1.807, 2.05) is 4.90 Å². The van der Waals surface area contributed by atoms with Gasteiger partial charge in [-0.3, -0.25) is 4.79 Å². The van der Waals surface area contributed by atoms with E-state index in [1.54, 1.807) is 0 Å². The van der Waals surface area contributed by atoms with Crippen LogP contribution in [0.4, 0.5) is 0 Å². The van der Waals surface area contributed by atoms with Gasteiger partial charge in [-0.05, 0) is 33.1 Å². The molecule has 16 heavy (non-hydrogen) atoms. The van der Waals surface area contributed by atoms with Crippen LogP contribution < -0.4 is 0 Å². The first-order valence-corrected chi connectivity index (χ1v) is 6.53. The van der Waals surface area contributed by atoms with Crippen molar-refractivity contribution >= 4 is 5.91 Å². The Morgan fingerprint density at radius 3 is 2.38 bits per heavy atom. The molecule has 3 heteroatoms. The minimum Gasteiger partial charge on any atom is -0.396 e. The number of rotatable bonds is 9. The summed E-state index contributed by atoms with van der Waals surface area (Å²) in [5.74, 6) is 0.236. The van der Waals surface area contributed by atoms with Crippen LogP contribution in [0.25, 0.3) is 0 Å². The molecule has 0 aliphatic heterocycles. The van der Waals surface area contributed by atoms with Gasteiger partial charge in [-0.25, -0.2) is 0 Å². The Hall–Kier alpha value is -0.570. The number of aliphatic hydroxyl groups is 1. The van der Waals surface area contributed by atoms with E-state index in [-0.39, 0.29) is 12.5 Å². The lowest BCUT2D eigenvalue weighted by Crippen LogP contribution is -2.37. The maximum absolute atomic E-state index is 11.9. The second-order valence-electron chi connectivity index (χ2n) is 4.57. The number of unbranched alkanes of at least 4 members (excludes halogenated alkanes) is 3. The number of hydrogen-bond acceptors (Lipinski definition) is 2. The molecule has 0 aliphatic carbocycles. The summed E-state index contributed by atoms with van der Waals surface area (Å²) in [5, 5.41) is 8.68. The highest BCUT2D eigenvalue weighted by molar-refractivity contribution is 5.76. The van der Waals surface area contributed by atoms with E-state index in [4.69, 9.17) is 5.11 Å². The molecule has 0 atom stereocenters. The van der Waals surface area contributed by atoms with Crippen molar-refractivity contribution in [2.45, 2.75) is 65.3 Å². The maximum Gasteiger partial charge on any atom is 0.222 e. The Balaban J connectivity index is 3.93. The number of carbonyl (C=O) groups excluding carboxylic acids is 1. The SMILES string of the molecule is CCCCCN(C(=O)CCCCO)C(C)C. The van der Waals surface area contributed by atoms with Crippen molar-refractivity contribution in [3.63, 3.8) is 0 Å². The fraction of sp³-hybridized carbons (Fsp3) is 0.923. The van der Waals surface area contributed by atoms with Gasteiger partial charge in [0.15, 0.2) is 0 Å². The molecule has 0 radical (unpaired) electrons. The normalized spacial score (nSPS) is 10.8. The molecule has 0 aromatic rings. The highest BCUT2D eigenvalue weighted by Crippen LogP contribution is 2.08. The lowest BCUT2D eigenvalue weighted by molar-refractivity contribution is -0.133. The highest BCUT2D eigenvalue weighted by Gasteiger charge is 2.15. The van der Waals surface area contributed by atoms with Crippen molar-refractivity contribution in [2.24, 2.45) is 0 Å². The van der Waals surface area contributed by atoms with Gasteiger partial charge in [0.25, 0.3) is 0 Å². The lowest BCUT2D eigenvalue weighted by Gasteiger charge is -2.27. The standard InChI is InChI=1S/C13H27NO2/c1-4-5-7-10-14(12(2)3)13(16)9-6-8-11-15/h12,15H,4-11H2,1-3H3. The molecule has 0 bridgehead atoms. The van der Waals surface area contributed by atoms with E-state index < -0.39 is 0 Å². The molecule has 0 unspecified atom stereocenters. The van der Waals surface area contributed by atoms with Crippen LogP contribution in [-0.4, -0.2) is 35.1 Å². The summed E-state index contributed by atoms with van der Waals surface area (Å²) in [6, 6.07) is 0.290. The molecular weight excluding hydrogens is 202 g/mol. The quantitative estimate of drug-likeness (QED) is 0.617. The number of hydrogen-bond donors (Lipinski definition) is 1. The van der Waals surface area contributed by atoms with Gasteiger partial charge < -0.3 is 10.0 Å². The summed E-state index contributed by atoms with van der Waals surface area (Å²) >= 11 is 0. The van der Waals surface area contributed by atoms with Crippen molar-refractivity contribution < 1.29 is 9.90 Å². The van der Waals surface area contributed by atoms with Crippen molar-refractivity contribution in [1.82, 2.24) is 4.90 Å². The smallest absolute Gasteiger partial charge is 0.222 e. The lowest BCUT2D eigenvalue weighted by atomic mass is 10.1. The summed E-state index contributed by atoms with van der Waals surface area (Å²) in [6.07, 6.45) is 5.57. The van der Waals surface area contributed by atoms with Crippen LogP contribution in [0.5, 0.6) is 0 Å². The molecule has 0 saturated carbocycles. The maximum atomic E-state index is 11.9. The number of aliphatic hydroxyl groups excluding tert-OH is 1. The number of amides is 1. The second kappa shape index (κ2) is 9.64. The van der Waals surface area contributed by atoms with Crippen LogP contribution in [-0.2, 0) is 4.79 Å². The van der Waals surface area contributed by atoms with Crippen LogP contribution in [0, 0.1) is 0 Å². The minimum atomic E-state index is 0.185. The van der Waals surface area contributed by atoms with Crippen LogP contribution in [0.1, 0.15) is 59.3 Å². The van der Waals surface area contributed by atoms with Crippen LogP contribution in [0.15, 0.2) is 0 Å². The molecule has 0 rings (SSSR count). The molecule has 0 fully saturated rings. The second-order valence-corrected chi connectivity index (χ2v) is 4.57. The first kappa shape index (κ1) is 15.4. The predicted octanol–water partition coefficient (Wildman–Crippen LogP) is 2.58. The average Bonchev–Trinajstić information content (AvgIpc) is 2.24. The molecule has 1 N–H and O–H groups in total. The van der Waals surface area contributed by atoms with E-state index in [0.29, 0.717) is 12.5 Å². The Labute approximate surface area is 99.8 Å². The summed E-state index contributed by atoms with van der Waals surface area (Å²) in [5.41, 5.74) is 0. The van der Waals surface area contributed by atoms with Gasteiger partial charge in [0, 0.05) is 25.6 Å². The van der Waals surface area contributed by atoms with Gasteiger partial charge >= 0.3 is 0 Å². The summed E-state index contributed by atoms with van der Waals surface area (Å²) in [7, 11) is 0. The topological polar surface area (TPSA) is 40.5 Å². The first-order valence-electron chi connectivity index (χ1n) is 6.53.